The van der Waals surface area contributed by atoms with Crippen LogP contribution in [0.15, 0.2) is 10.7 Å². The molecule has 0 aliphatic rings. The summed E-state index contributed by atoms with van der Waals surface area (Å²) in [4.78, 5) is 11.9. The molecule has 0 saturated heterocycles. The fourth-order valence-corrected chi connectivity index (χ4v) is 2.02. The molecule has 0 fully saturated rings. The average molecular weight is 264 g/mol. The van der Waals surface area contributed by atoms with Crippen LogP contribution in [0.3, 0.4) is 0 Å². The van der Waals surface area contributed by atoms with Gasteiger partial charge in [0.25, 0.3) is 5.91 Å². The van der Waals surface area contributed by atoms with Gasteiger partial charge in [0, 0.05) is 12.2 Å². The minimum atomic E-state index is -1.10. The molecular formula is C14H20N2O3. The van der Waals surface area contributed by atoms with Gasteiger partial charge in [0.15, 0.2) is 0 Å². The molecule has 0 aromatic carbocycles. The van der Waals surface area contributed by atoms with Crippen LogP contribution in [0.2, 0.25) is 0 Å². The van der Waals surface area contributed by atoms with Gasteiger partial charge in [0.05, 0.1) is 5.69 Å². The van der Waals surface area contributed by atoms with Crippen molar-refractivity contribution in [3.05, 3.63) is 17.6 Å². The average Bonchev–Trinajstić information content (AvgIpc) is 2.66. The molecule has 1 amide bonds. The number of carbonyl (C=O) groups is 1. The van der Waals surface area contributed by atoms with E-state index in [1.54, 1.807) is 6.92 Å². The van der Waals surface area contributed by atoms with Crippen molar-refractivity contribution in [1.29, 1.82) is 5.26 Å². The normalized spacial score (nSPS) is 12.8. The lowest BCUT2D eigenvalue weighted by atomic mass is 9.86. The van der Waals surface area contributed by atoms with E-state index in [0.29, 0.717) is 12.3 Å². The van der Waals surface area contributed by atoms with E-state index in [0.717, 1.165) is 11.3 Å². The molecule has 19 heavy (non-hydrogen) atoms. The Kier molecular flexibility index (Phi) is 4.73. The molecule has 1 N–H and O–H groups in total. The first-order valence-electron chi connectivity index (χ1n) is 6.22. The monoisotopic (exact) mass is 264 g/mol. The van der Waals surface area contributed by atoms with Crippen molar-refractivity contribution in [1.82, 2.24) is 0 Å². The fraction of sp³-hybridized carbons (Fsp3) is 0.571. The van der Waals surface area contributed by atoms with Crippen LogP contribution in [0, 0.1) is 18.3 Å². The number of anilines is 1. The van der Waals surface area contributed by atoms with E-state index in [2.05, 4.69) is 5.32 Å². The van der Waals surface area contributed by atoms with E-state index in [4.69, 9.17) is 14.4 Å². The number of nitrogens with zero attached hydrogens (tertiary/aromatic N) is 1. The van der Waals surface area contributed by atoms with Crippen LogP contribution in [0.5, 0.6) is 0 Å². The summed E-state index contributed by atoms with van der Waals surface area (Å²) in [6.07, 6.45) is 0.391. The van der Waals surface area contributed by atoms with Crippen LogP contribution < -0.4 is 5.32 Å². The van der Waals surface area contributed by atoms with Crippen molar-refractivity contribution in [3.63, 3.8) is 0 Å². The third-order valence-corrected chi connectivity index (χ3v) is 2.67. The number of hydrogen-bond donors (Lipinski definition) is 1. The first kappa shape index (κ1) is 15.3. The van der Waals surface area contributed by atoms with Gasteiger partial charge in [-0.25, -0.2) is 0 Å². The molecule has 5 heteroatoms. The summed E-state index contributed by atoms with van der Waals surface area (Å²) in [5, 5.41) is 11.6. The number of ether oxygens (including phenoxy) is 1. The maximum Gasteiger partial charge on any atom is 0.268 e. The van der Waals surface area contributed by atoms with E-state index < -0.39 is 12.0 Å². The smallest absolute Gasteiger partial charge is 0.268 e. The van der Waals surface area contributed by atoms with Crippen molar-refractivity contribution < 1.29 is 13.9 Å². The maximum absolute atomic E-state index is 11.9. The zero-order chi connectivity index (χ0) is 14.6. The number of aryl methyl sites for hydroxylation is 1. The van der Waals surface area contributed by atoms with Crippen molar-refractivity contribution in [2.75, 3.05) is 11.9 Å². The van der Waals surface area contributed by atoms with E-state index in [9.17, 15) is 4.79 Å². The molecule has 0 aliphatic heterocycles. The SMILES string of the molecule is CCOC(C#N)C(=O)Nc1coc(C)c1C(C)(C)C. The van der Waals surface area contributed by atoms with E-state index in [1.807, 2.05) is 33.8 Å². The molecule has 1 aromatic rings. The number of rotatable bonds is 4. The molecule has 0 bridgehead atoms. The van der Waals surface area contributed by atoms with Gasteiger partial charge in [-0.05, 0) is 19.3 Å². The minimum absolute atomic E-state index is 0.159. The zero-order valence-corrected chi connectivity index (χ0v) is 12.0. The van der Waals surface area contributed by atoms with Gasteiger partial charge in [0.1, 0.15) is 18.1 Å². The summed E-state index contributed by atoms with van der Waals surface area (Å²) in [6.45, 7) is 9.99. The van der Waals surface area contributed by atoms with Gasteiger partial charge in [-0.1, -0.05) is 20.8 Å². The minimum Gasteiger partial charge on any atom is -0.467 e. The summed E-state index contributed by atoms with van der Waals surface area (Å²) in [5.41, 5.74) is 1.36. The zero-order valence-electron chi connectivity index (χ0n) is 12.0. The molecule has 0 radical (unpaired) electrons. The molecule has 104 valence electrons. The molecule has 5 nitrogen and oxygen atoms in total. The third-order valence-electron chi connectivity index (χ3n) is 2.67. The highest BCUT2D eigenvalue weighted by molar-refractivity contribution is 5.96. The predicted molar refractivity (Wildman–Crippen MR) is 71.8 cm³/mol. The number of hydrogen-bond acceptors (Lipinski definition) is 4. The number of amides is 1. The Labute approximate surface area is 113 Å². The molecule has 1 unspecified atom stereocenters. The fourth-order valence-electron chi connectivity index (χ4n) is 2.02. The first-order chi connectivity index (χ1) is 8.81. The van der Waals surface area contributed by atoms with Crippen LogP contribution in [-0.4, -0.2) is 18.6 Å². The van der Waals surface area contributed by atoms with Crippen LogP contribution in [-0.2, 0) is 14.9 Å². The highest BCUT2D eigenvalue weighted by atomic mass is 16.5. The largest absolute Gasteiger partial charge is 0.467 e. The van der Waals surface area contributed by atoms with Gasteiger partial charge in [0.2, 0.25) is 6.10 Å². The molecule has 1 aromatic heterocycles. The van der Waals surface area contributed by atoms with Crippen molar-refractivity contribution in [2.24, 2.45) is 0 Å². The molecule has 1 atom stereocenters. The van der Waals surface area contributed by atoms with Crippen LogP contribution >= 0.6 is 0 Å². The molecule has 1 rings (SSSR count). The van der Waals surface area contributed by atoms with Crippen molar-refractivity contribution in [3.8, 4) is 6.07 Å². The first-order valence-corrected chi connectivity index (χ1v) is 6.22. The second-order valence-corrected chi connectivity index (χ2v) is 5.28. The third kappa shape index (κ3) is 3.58. The summed E-state index contributed by atoms with van der Waals surface area (Å²) < 4.78 is 10.4. The number of nitriles is 1. The lowest BCUT2D eigenvalue weighted by molar-refractivity contribution is -0.124. The molecule has 1 heterocycles. The molecule has 0 spiro atoms. The van der Waals surface area contributed by atoms with Gasteiger partial charge in [-0.3, -0.25) is 4.79 Å². The molecule has 0 aliphatic carbocycles. The Bertz CT molecular complexity index is 492. The Morgan fingerprint density at radius 3 is 2.68 bits per heavy atom. The highest BCUT2D eigenvalue weighted by Gasteiger charge is 2.26. The van der Waals surface area contributed by atoms with E-state index >= 15 is 0 Å². The second-order valence-electron chi connectivity index (χ2n) is 5.28. The number of carbonyl (C=O) groups excluding carboxylic acids is 1. The Balaban J connectivity index is 2.95. The number of nitrogens with one attached hydrogen (secondary N) is 1. The highest BCUT2D eigenvalue weighted by Crippen LogP contribution is 2.34. The lowest BCUT2D eigenvalue weighted by Crippen LogP contribution is -2.30. The van der Waals surface area contributed by atoms with E-state index in [1.165, 1.54) is 6.26 Å². The lowest BCUT2D eigenvalue weighted by Gasteiger charge is -2.20. The van der Waals surface area contributed by atoms with E-state index in [-0.39, 0.29) is 5.41 Å². The summed E-state index contributed by atoms with van der Waals surface area (Å²) in [6, 6.07) is 1.82. The summed E-state index contributed by atoms with van der Waals surface area (Å²) in [5.74, 6) is 0.281. The Morgan fingerprint density at radius 1 is 1.58 bits per heavy atom. The van der Waals surface area contributed by atoms with Crippen molar-refractivity contribution in [2.45, 2.75) is 46.1 Å². The standard InChI is InChI=1S/C14H20N2O3/c1-6-18-11(7-15)13(17)16-10-8-19-9(2)12(10)14(3,4)5/h8,11H,6H2,1-5H3,(H,16,17). The van der Waals surface area contributed by atoms with Crippen LogP contribution in [0.1, 0.15) is 39.0 Å². The van der Waals surface area contributed by atoms with Crippen LogP contribution in [0.25, 0.3) is 0 Å². The van der Waals surface area contributed by atoms with Gasteiger partial charge >= 0.3 is 0 Å². The Hall–Kier alpha value is -1.80. The molecular weight excluding hydrogens is 244 g/mol. The molecule has 0 saturated carbocycles. The Morgan fingerprint density at radius 2 is 2.21 bits per heavy atom. The van der Waals surface area contributed by atoms with Crippen LogP contribution in [0.4, 0.5) is 5.69 Å². The predicted octanol–water partition coefficient (Wildman–Crippen LogP) is 2.75. The van der Waals surface area contributed by atoms with Gasteiger partial charge < -0.3 is 14.5 Å². The maximum atomic E-state index is 11.9. The van der Waals surface area contributed by atoms with Gasteiger partial charge in [-0.2, -0.15) is 5.26 Å². The van der Waals surface area contributed by atoms with Crippen molar-refractivity contribution >= 4 is 11.6 Å². The number of furan rings is 1. The second kappa shape index (κ2) is 5.89. The van der Waals surface area contributed by atoms with Gasteiger partial charge in [-0.15, -0.1) is 0 Å². The summed E-state index contributed by atoms with van der Waals surface area (Å²) >= 11 is 0. The topological polar surface area (TPSA) is 75.3 Å². The quantitative estimate of drug-likeness (QED) is 0.907. The summed E-state index contributed by atoms with van der Waals surface area (Å²) in [7, 11) is 0.